The second-order valence-corrected chi connectivity index (χ2v) is 8.59. The summed E-state index contributed by atoms with van der Waals surface area (Å²) in [5.41, 5.74) is 1.69. The molecule has 0 bridgehead atoms. The molecule has 0 saturated heterocycles. The molecule has 36 heavy (non-hydrogen) atoms. The Labute approximate surface area is 217 Å². The SMILES string of the molecule is COC(=O)c1ccccc1NC(=O)Nc1ccc(CC(CC(=O)c2c(Cl)cccc2Cl)C(=O)O)cc1. The second kappa shape index (κ2) is 12.2. The standard InChI is InChI=1S/C26H22Cl2N2O6/c1-36-25(34)18-5-2-3-8-21(18)30-26(35)29-17-11-9-15(10-12-17)13-16(24(32)33)14-22(31)23-19(27)6-4-7-20(23)28/h2-12,16H,13-14H2,1H3,(H,32,33)(H2,29,30,35). The summed E-state index contributed by atoms with van der Waals surface area (Å²) in [6, 6.07) is 17.0. The van der Waals surface area contributed by atoms with Crippen LogP contribution in [0.25, 0.3) is 0 Å². The van der Waals surface area contributed by atoms with Crippen molar-refractivity contribution in [1.29, 1.82) is 0 Å². The molecule has 3 rings (SSSR count). The number of benzene rings is 3. The largest absolute Gasteiger partial charge is 0.481 e. The van der Waals surface area contributed by atoms with E-state index < -0.39 is 29.7 Å². The number of rotatable bonds is 9. The van der Waals surface area contributed by atoms with Gasteiger partial charge in [0.25, 0.3) is 0 Å². The van der Waals surface area contributed by atoms with Crippen LogP contribution in [0.3, 0.4) is 0 Å². The first-order chi connectivity index (χ1) is 17.2. The van der Waals surface area contributed by atoms with Gasteiger partial charge in [-0.05, 0) is 48.4 Å². The Morgan fingerprint density at radius 3 is 2.14 bits per heavy atom. The number of esters is 1. The van der Waals surface area contributed by atoms with Crippen molar-refractivity contribution in [3.8, 4) is 0 Å². The molecule has 3 aromatic rings. The highest BCUT2D eigenvalue weighted by molar-refractivity contribution is 6.39. The molecule has 186 valence electrons. The van der Waals surface area contributed by atoms with Crippen LogP contribution >= 0.6 is 23.2 Å². The number of nitrogens with one attached hydrogen (secondary N) is 2. The maximum atomic E-state index is 12.7. The van der Waals surface area contributed by atoms with Gasteiger partial charge in [0, 0.05) is 12.1 Å². The van der Waals surface area contributed by atoms with E-state index in [2.05, 4.69) is 10.6 Å². The molecule has 8 nitrogen and oxygen atoms in total. The summed E-state index contributed by atoms with van der Waals surface area (Å²) < 4.78 is 4.71. The van der Waals surface area contributed by atoms with Crippen LogP contribution in [0, 0.1) is 5.92 Å². The lowest BCUT2D eigenvalue weighted by Gasteiger charge is -2.14. The number of hydrogen-bond donors (Lipinski definition) is 3. The Hall–Kier alpha value is -3.88. The van der Waals surface area contributed by atoms with E-state index >= 15 is 0 Å². The summed E-state index contributed by atoms with van der Waals surface area (Å²) in [5.74, 6) is -3.17. The number of carbonyl (C=O) groups is 4. The fraction of sp³-hybridized carbons (Fsp3) is 0.154. The van der Waals surface area contributed by atoms with Crippen molar-refractivity contribution >= 4 is 58.3 Å². The van der Waals surface area contributed by atoms with Gasteiger partial charge in [-0.3, -0.25) is 9.59 Å². The zero-order chi connectivity index (χ0) is 26.2. The predicted molar refractivity (Wildman–Crippen MR) is 137 cm³/mol. The van der Waals surface area contributed by atoms with Crippen LogP contribution in [0.4, 0.5) is 16.2 Å². The van der Waals surface area contributed by atoms with Crippen molar-refractivity contribution in [1.82, 2.24) is 0 Å². The fourth-order valence-electron chi connectivity index (χ4n) is 3.51. The first-order valence-electron chi connectivity index (χ1n) is 10.7. The van der Waals surface area contributed by atoms with Crippen molar-refractivity contribution in [2.45, 2.75) is 12.8 Å². The van der Waals surface area contributed by atoms with E-state index in [4.69, 9.17) is 27.9 Å². The number of carboxylic acid groups (broad SMARTS) is 1. The predicted octanol–water partition coefficient (Wildman–Crippen LogP) is 5.94. The van der Waals surface area contributed by atoms with Crippen LogP contribution in [-0.2, 0) is 16.0 Å². The summed E-state index contributed by atoms with van der Waals surface area (Å²) in [4.78, 5) is 48.7. The van der Waals surface area contributed by atoms with Gasteiger partial charge >= 0.3 is 18.0 Å². The lowest BCUT2D eigenvalue weighted by molar-refractivity contribution is -0.141. The molecule has 0 aliphatic heterocycles. The van der Waals surface area contributed by atoms with Crippen LogP contribution < -0.4 is 10.6 Å². The number of urea groups is 1. The number of carboxylic acids is 1. The molecule has 2 amide bonds. The van der Waals surface area contributed by atoms with Crippen LogP contribution in [0.5, 0.6) is 0 Å². The van der Waals surface area contributed by atoms with Crippen LogP contribution in [0.2, 0.25) is 10.0 Å². The third kappa shape index (κ3) is 6.84. The van der Waals surface area contributed by atoms with Gasteiger partial charge in [-0.15, -0.1) is 0 Å². The van der Waals surface area contributed by atoms with Crippen molar-refractivity contribution < 1.29 is 29.0 Å². The smallest absolute Gasteiger partial charge is 0.339 e. The van der Waals surface area contributed by atoms with Gasteiger partial charge in [0.1, 0.15) is 0 Å². The minimum Gasteiger partial charge on any atom is -0.481 e. The monoisotopic (exact) mass is 528 g/mol. The molecule has 0 heterocycles. The van der Waals surface area contributed by atoms with Crippen molar-refractivity contribution in [2.75, 3.05) is 17.7 Å². The van der Waals surface area contributed by atoms with E-state index in [-0.39, 0.29) is 39.7 Å². The Morgan fingerprint density at radius 2 is 1.53 bits per heavy atom. The van der Waals surface area contributed by atoms with Gasteiger partial charge in [0.15, 0.2) is 5.78 Å². The zero-order valence-electron chi connectivity index (χ0n) is 19.1. The van der Waals surface area contributed by atoms with Crippen LogP contribution in [0.1, 0.15) is 32.7 Å². The fourth-order valence-corrected chi connectivity index (χ4v) is 4.12. The lowest BCUT2D eigenvalue weighted by atomic mass is 9.92. The van der Waals surface area contributed by atoms with Crippen molar-refractivity contribution in [2.24, 2.45) is 5.92 Å². The summed E-state index contributed by atoms with van der Waals surface area (Å²) in [7, 11) is 1.25. The number of hydrogen-bond acceptors (Lipinski definition) is 5. The summed E-state index contributed by atoms with van der Waals surface area (Å²) in [6.07, 6.45) is -0.192. The number of halogens is 2. The van der Waals surface area contributed by atoms with Gasteiger partial charge in [0.05, 0.1) is 39.9 Å². The van der Waals surface area contributed by atoms with Crippen LogP contribution in [-0.4, -0.2) is 36.0 Å². The lowest BCUT2D eigenvalue weighted by Crippen LogP contribution is -2.22. The minimum absolute atomic E-state index is 0.0854. The second-order valence-electron chi connectivity index (χ2n) is 7.78. The quantitative estimate of drug-likeness (QED) is 0.233. The van der Waals surface area contributed by atoms with E-state index in [1.54, 1.807) is 48.5 Å². The number of ether oxygens (including phenoxy) is 1. The first kappa shape index (κ1) is 26.7. The Kier molecular flexibility index (Phi) is 9.05. The Balaban J connectivity index is 1.64. The molecule has 3 N–H and O–H groups in total. The highest BCUT2D eigenvalue weighted by atomic mass is 35.5. The Morgan fingerprint density at radius 1 is 0.889 bits per heavy atom. The normalized spacial score (nSPS) is 11.3. The average Bonchev–Trinajstić information content (AvgIpc) is 2.84. The highest BCUT2D eigenvalue weighted by Crippen LogP contribution is 2.28. The first-order valence-corrected chi connectivity index (χ1v) is 11.5. The summed E-state index contributed by atoms with van der Waals surface area (Å²) >= 11 is 12.1. The van der Waals surface area contributed by atoms with E-state index in [1.165, 1.54) is 25.3 Å². The number of Topliss-reactive ketones (excluding diaryl/α,β-unsaturated/α-hetero) is 1. The molecular weight excluding hydrogens is 507 g/mol. The third-order valence-corrected chi connectivity index (χ3v) is 5.93. The molecule has 0 spiro atoms. The number of methoxy groups -OCH3 is 1. The zero-order valence-corrected chi connectivity index (χ0v) is 20.6. The molecule has 1 unspecified atom stereocenters. The number of ketones is 1. The maximum absolute atomic E-state index is 12.7. The number of anilines is 2. The van der Waals surface area contributed by atoms with Gasteiger partial charge in [-0.1, -0.05) is 53.5 Å². The van der Waals surface area contributed by atoms with Crippen molar-refractivity contribution in [3.05, 3.63) is 93.5 Å². The van der Waals surface area contributed by atoms with Crippen LogP contribution in [0.15, 0.2) is 66.7 Å². The molecule has 3 aromatic carbocycles. The molecule has 0 fully saturated rings. The molecule has 10 heteroatoms. The van der Waals surface area contributed by atoms with Gasteiger partial charge < -0.3 is 20.5 Å². The Bertz CT molecular complexity index is 1270. The van der Waals surface area contributed by atoms with E-state index in [1.807, 2.05) is 0 Å². The van der Waals surface area contributed by atoms with Gasteiger partial charge in [-0.2, -0.15) is 0 Å². The highest BCUT2D eigenvalue weighted by Gasteiger charge is 2.25. The molecule has 0 aliphatic carbocycles. The molecular formula is C26H22Cl2N2O6. The van der Waals surface area contributed by atoms with Crippen molar-refractivity contribution in [3.63, 3.8) is 0 Å². The molecule has 1 atom stereocenters. The van der Waals surface area contributed by atoms with Gasteiger partial charge in [-0.25, -0.2) is 9.59 Å². The van der Waals surface area contributed by atoms with Gasteiger partial charge in [0.2, 0.25) is 0 Å². The maximum Gasteiger partial charge on any atom is 0.339 e. The molecule has 0 radical (unpaired) electrons. The van der Waals surface area contributed by atoms with E-state index in [0.29, 0.717) is 11.3 Å². The van der Waals surface area contributed by atoms with E-state index in [0.717, 1.165) is 0 Å². The summed E-state index contributed by atoms with van der Waals surface area (Å²) in [6.45, 7) is 0. The average molecular weight is 529 g/mol. The third-order valence-electron chi connectivity index (χ3n) is 5.30. The number of para-hydroxylation sites is 1. The topological polar surface area (TPSA) is 122 Å². The number of aliphatic carboxylic acids is 1. The summed E-state index contributed by atoms with van der Waals surface area (Å²) in [5, 5.41) is 15.2. The molecule has 0 aliphatic rings. The molecule has 0 aromatic heterocycles. The molecule has 0 saturated carbocycles. The minimum atomic E-state index is -1.13. The number of carbonyl (C=O) groups excluding carboxylic acids is 3. The van der Waals surface area contributed by atoms with E-state index in [9.17, 15) is 24.3 Å². The number of amides is 2.